The van der Waals surface area contributed by atoms with E-state index >= 15 is 0 Å². The molecular weight excluding hydrogens is 251 g/mol. The van der Waals surface area contributed by atoms with Crippen LogP contribution < -0.4 is 5.73 Å². The average Bonchev–Trinajstić information content (AvgIpc) is 2.38. The van der Waals surface area contributed by atoms with Crippen LogP contribution in [0.2, 0.25) is 0 Å². The van der Waals surface area contributed by atoms with Crippen LogP contribution in [-0.2, 0) is 6.18 Å². The number of rotatable bonds is 2. The smallest absolute Gasteiger partial charge is 0.330 e. The van der Waals surface area contributed by atoms with Gasteiger partial charge in [-0.2, -0.15) is 13.2 Å². The molecule has 1 aliphatic rings. The Morgan fingerprint density at radius 1 is 1.16 bits per heavy atom. The standard InChI is InChI=1S/C15H20F3N/c1-10-2-3-12(9-19)14(8-10)11-4-6-13(7-5-11)15(16,17)18/h4-7,10,12,14H,2-3,8-9,19H2,1H3. The second-order valence-electron chi connectivity index (χ2n) is 5.64. The number of nitrogens with two attached hydrogens (primary N) is 1. The molecule has 1 saturated carbocycles. The molecule has 0 radical (unpaired) electrons. The monoisotopic (exact) mass is 271 g/mol. The molecule has 0 saturated heterocycles. The van der Waals surface area contributed by atoms with Crippen LogP contribution in [-0.4, -0.2) is 6.54 Å². The summed E-state index contributed by atoms with van der Waals surface area (Å²) in [6, 6.07) is 5.60. The third kappa shape index (κ3) is 3.30. The maximum Gasteiger partial charge on any atom is 0.416 e. The van der Waals surface area contributed by atoms with Crippen molar-refractivity contribution in [2.45, 2.75) is 38.3 Å². The van der Waals surface area contributed by atoms with Gasteiger partial charge in [-0.25, -0.2) is 0 Å². The zero-order valence-electron chi connectivity index (χ0n) is 11.1. The molecule has 0 heterocycles. The summed E-state index contributed by atoms with van der Waals surface area (Å²) in [6.45, 7) is 2.81. The summed E-state index contributed by atoms with van der Waals surface area (Å²) in [5.41, 5.74) is 6.21. The van der Waals surface area contributed by atoms with Crippen LogP contribution in [0.5, 0.6) is 0 Å². The Bertz CT molecular complexity index is 410. The largest absolute Gasteiger partial charge is 0.416 e. The van der Waals surface area contributed by atoms with Crippen LogP contribution in [0.4, 0.5) is 13.2 Å². The van der Waals surface area contributed by atoms with Crippen LogP contribution in [0.3, 0.4) is 0 Å². The SMILES string of the molecule is CC1CCC(CN)C(c2ccc(C(F)(F)F)cc2)C1. The molecular formula is C15H20F3N. The van der Waals surface area contributed by atoms with Crippen LogP contribution in [0, 0.1) is 11.8 Å². The molecule has 1 fully saturated rings. The van der Waals surface area contributed by atoms with E-state index < -0.39 is 11.7 Å². The van der Waals surface area contributed by atoms with Gasteiger partial charge in [0.2, 0.25) is 0 Å². The molecule has 106 valence electrons. The van der Waals surface area contributed by atoms with Gasteiger partial charge in [-0.15, -0.1) is 0 Å². The first-order valence-corrected chi connectivity index (χ1v) is 6.79. The van der Waals surface area contributed by atoms with Crippen LogP contribution in [0.1, 0.15) is 43.2 Å². The topological polar surface area (TPSA) is 26.0 Å². The summed E-state index contributed by atoms with van der Waals surface area (Å²) in [7, 11) is 0. The molecule has 3 unspecified atom stereocenters. The van der Waals surface area contributed by atoms with E-state index in [0.717, 1.165) is 18.4 Å². The first kappa shape index (κ1) is 14.4. The van der Waals surface area contributed by atoms with Crippen molar-refractivity contribution in [2.75, 3.05) is 6.54 Å². The minimum absolute atomic E-state index is 0.302. The number of halogens is 3. The molecule has 0 bridgehead atoms. The first-order chi connectivity index (χ1) is 8.91. The number of hydrogen-bond acceptors (Lipinski definition) is 1. The second kappa shape index (κ2) is 5.53. The maximum atomic E-state index is 12.5. The van der Waals surface area contributed by atoms with Crippen molar-refractivity contribution in [2.24, 2.45) is 17.6 Å². The van der Waals surface area contributed by atoms with E-state index in [0.29, 0.717) is 24.3 Å². The molecule has 1 nitrogen and oxygen atoms in total. The van der Waals surface area contributed by atoms with Crippen molar-refractivity contribution >= 4 is 0 Å². The van der Waals surface area contributed by atoms with E-state index in [4.69, 9.17) is 5.73 Å². The van der Waals surface area contributed by atoms with E-state index in [9.17, 15) is 13.2 Å². The lowest BCUT2D eigenvalue weighted by Crippen LogP contribution is -2.28. The fourth-order valence-electron chi connectivity index (χ4n) is 3.05. The zero-order chi connectivity index (χ0) is 14.0. The van der Waals surface area contributed by atoms with E-state index in [-0.39, 0.29) is 0 Å². The molecule has 0 aliphatic heterocycles. The number of alkyl halides is 3. The van der Waals surface area contributed by atoms with Gasteiger partial charge in [-0.05, 0) is 54.8 Å². The Labute approximate surface area is 112 Å². The van der Waals surface area contributed by atoms with Gasteiger partial charge in [-0.1, -0.05) is 25.5 Å². The van der Waals surface area contributed by atoms with Gasteiger partial charge in [0, 0.05) is 0 Å². The normalized spacial score (nSPS) is 28.4. The molecule has 1 aliphatic carbocycles. The van der Waals surface area contributed by atoms with Crippen LogP contribution in [0.25, 0.3) is 0 Å². The van der Waals surface area contributed by atoms with Gasteiger partial charge in [0.15, 0.2) is 0 Å². The van der Waals surface area contributed by atoms with Crippen molar-refractivity contribution in [3.05, 3.63) is 35.4 Å². The average molecular weight is 271 g/mol. The molecule has 0 spiro atoms. The van der Waals surface area contributed by atoms with Gasteiger partial charge >= 0.3 is 6.18 Å². The highest BCUT2D eigenvalue weighted by Gasteiger charge is 2.32. The molecule has 1 aromatic carbocycles. The summed E-state index contributed by atoms with van der Waals surface area (Å²) >= 11 is 0. The van der Waals surface area contributed by atoms with Crippen molar-refractivity contribution < 1.29 is 13.2 Å². The summed E-state index contributed by atoms with van der Waals surface area (Å²) in [4.78, 5) is 0. The molecule has 0 aromatic heterocycles. The molecule has 19 heavy (non-hydrogen) atoms. The van der Waals surface area contributed by atoms with E-state index in [1.807, 2.05) is 0 Å². The first-order valence-electron chi connectivity index (χ1n) is 6.79. The number of benzene rings is 1. The van der Waals surface area contributed by atoms with Gasteiger partial charge in [0.1, 0.15) is 0 Å². The van der Waals surface area contributed by atoms with Crippen molar-refractivity contribution in [1.29, 1.82) is 0 Å². The Balaban J connectivity index is 2.20. The Morgan fingerprint density at radius 2 is 1.79 bits per heavy atom. The van der Waals surface area contributed by atoms with Gasteiger partial charge in [0.25, 0.3) is 0 Å². The van der Waals surface area contributed by atoms with Crippen LogP contribution in [0.15, 0.2) is 24.3 Å². The lowest BCUT2D eigenvalue weighted by Gasteiger charge is -2.34. The zero-order valence-corrected chi connectivity index (χ0v) is 11.1. The Kier molecular flexibility index (Phi) is 4.19. The molecule has 0 amide bonds. The lowest BCUT2D eigenvalue weighted by atomic mass is 9.71. The third-order valence-corrected chi connectivity index (χ3v) is 4.22. The van der Waals surface area contributed by atoms with Gasteiger partial charge in [0.05, 0.1) is 5.56 Å². The second-order valence-corrected chi connectivity index (χ2v) is 5.64. The summed E-state index contributed by atoms with van der Waals surface area (Å²) in [6.07, 6.45) is -0.999. The fraction of sp³-hybridized carbons (Fsp3) is 0.600. The van der Waals surface area contributed by atoms with Crippen molar-refractivity contribution in [1.82, 2.24) is 0 Å². The van der Waals surface area contributed by atoms with Gasteiger partial charge < -0.3 is 5.73 Å². The quantitative estimate of drug-likeness (QED) is 0.857. The lowest BCUT2D eigenvalue weighted by molar-refractivity contribution is -0.137. The van der Waals surface area contributed by atoms with Crippen molar-refractivity contribution in [3.8, 4) is 0 Å². The minimum Gasteiger partial charge on any atom is -0.330 e. The van der Waals surface area contributed by atoms with E-state index in [2.05, 4.69) is 6.92 Å². The summed E-state index contributed by atoms with van der Waals surface area (Å²) in [5.74, 6) is 1.32. The highest BCUT2D eigenvalue weighted by molar-refractivity contribution is 5.28. The summed E-state index contributed by atoms with van der Waals surface area (Å²) < 4.78 is 37.6. The highest BCUT2D eigenvalue weighted by Crippen LogP contribution is 2.40. The number of hydrogen-bond donors (Lipinski definition) is 1. The molecule has 2 N–H and O–H groups in total. The van der Waals surface area contributed by atoms with Gasteiger partial charge in [-0.3, -0.25) is 0 Å². The predicted molar refractivity (Wildman–Crippen MR) is 69.7 cm³/mol. The highest BCUT2D eigenvalue weighted by atomic mass is 19.4. The maximum absolute atomic E-state index is 12.5. The molecule has 3 atom stereocenters. The van der Waals surface area contributed by atoms with E-state index in [1.165, 1.54) is 18.6 Å². The predicted octanol–water partition coefficient (Wildman–Crippen LogP) is 4.18. The van der Waals surface area contributed by atoms with E-state index in [1.54, 1.807) is 12.1 Å². The Morgan fingerprint density at radius 3 is 2.32 bits per heavy atom. The fourth-order valence-corrected chi connectivity index (χ4v) is 3.05. The molecule has 4 heteroatoms. The Hall–Kier alpha value is -1.03. The summed E-state index contributed by atoms with van der Waals surface area (Å²) in [5, 5.41) is 0. The molecule has 1 aromatic rings. The van der Waals surface area contributed by atoms with Crippen LogP contribution >= 0.6 is 0 Å². The third-order valence-electron chi connectivity index (χ3n) is 4.22. The molecule has 2 rings (SSSR count). The minimum atomic E-state index is -4.26. The van der Waals surface area contributed by atoms with Crippen molar-refractivity contribution in [3.63, 3.8) is 0 Å².